The summed E-state index contributed by atoms with van der Waals surface area (Å²) in [6.45, 7) is 1.93. The van der Waals surface area contributed by atoms with Gasteiger partial charge in [-0.05, 0) is 67.3 Å². The van der Waals surface area contributed by atoms with Gasteiger partial charge in [0.2, 0.25) is 5.91 Å². The van der Waals surface area contributed by atoms with E-state index in [1.54, 1.807) is 12.3 Å². The number of hydrogen-bond acceptors (Lipinski definition) is 4. The highest BCUT2D eigenvalue weighted by Gasteiger charge is 2.31. The van der Waals surface area contributed by atoms with Gasteiger partial charge in [-0.25, -0.2) is 4.79 Å². The van der Waals surface area contributed by atoms with Crippen LogP contribution in [0.3, 0.4) is 0 Å². The number of carbonyl (C=O) groups excluding carboxylic acids is 1. The van der Waals surface area contributed by atoms with Crippen LogP contribution in [0, 0.1) is 6.92 Å². The van der Waals surface area contributed by atoms with E-state index >= 15 is 0 Å². The number of nitrogens with two attached hydrogens (primary N) is 1. The van der Waals surface area contributed by atoms with E-state index in [1.165, 1.54) is 10.5 Å². The van der Waals surface area contributed by atoms with Crippen LogP contribution in [0.15, 0.2) is 23.1 Å². The molecule has 1 saturated heterocycles. The lowest BCUT2D eigenvalue weighted by Gasteiger charge is -2.29. The van der Waals surface area contributed by atoms with Crippen LogP contribution in [0.25, 0.3) is 5.52 Å². The molecule has 2 fully saturated rings. The van der Waals surface area contributed by atoms with Gasteiger partial charge in [0.1, 0.15) is 5.56 Å². The first-order valence-corrected chi connectivity index (χ1v) is 8.86. The Morgan fingerprint density at radius 3 is 2.58 bits per heavy atom. The topological polar surface area (TPSA) is 114 Å². The molecule has 1 saturated carbocycles. The second-order valence-electron chi connectivity index (χ2n) is 7.26. The molecule has 7 heteroatoms. The van der Waals surface area contributed by atoms with Crippen molar-refractivity contribution in [2.45, 2.75) is 50.6 Å². The molecule has 7 nitrogen and oxygen atoms in total. The van der Waals surface area contributed by atoms with Crippen molar-refractivity contribution in [1.82, 2.24) is 9.72 Å². The summed E-state index contributed by atoms with van der Waals surface area (Å²) in [6, 6.07) is 2.71. The predicted octanol–water partition coefficient (Wildman–Crippen LogP) is 1.46. The number of aryl methyl sites for hydroxylation is 1. The molecule has 0 radical (unpaired) electrons. The van der Waals surface area contributed by atoms with Crippen molar-refractivity contribution in [3.63, 3.8) is 0 Å². The Bertz CT molecular complexity index is 990. The van der Waals surface area contributed by atoms with Crippen LogP contribution >= 0.6 is 0 Å². The number of hydrogen-bond donors (Lipinski definition) is 3. The zero-order valence-corrected chi connectivity index (χ0v) is 14.5. The Kier molecular flexibility index (Phi) is 3.84. The van der Waals surface area contributed by atoms with Gasteiger partial charge >= 0.3 is 5.97 Å². The van der Waals surface area contributed by atoms with Crippen LogP contribution in [0.2, 0.25) is 0 Å². The van der Waals surface area contributed by atoms with E-state index in [2.05, 4.69) is 5.32 Å². The number of carboxylic acid groups (broad SMARTS) is 1. The molecule has 0 spiro atoms. The summed E-state index contributed by atoms with van der Waals surface area (Å²) >= 11 is 0. The molecule has 26 heavy (non-hydrogen) atoms. The van der Waals surface area contributed by atoms with Crippen molar-refractivity contribution in [2.75, 3.05) is 0 Å². The number of piperidine rings is 1. The van der Waals surface area contributed by atoms with Gasteiger partial charge in [0, 0.05) is 6.20 Å². The normalized spacial score (nSPS) is 23.1. The highest BCUT2D eigenvalue weighted by Crippen LogP contribution is 2.43. The lowest BCUT2D eigenvalue weighted by Crippen LogP contribution is -2.47. The Balaban J connectivity index is 1.91. The lowest BCUT2D eigenvalue weighted by atomic mass is 9.91. The Morgan fingerprint density at radius 2 is 1.96 bits per heavy atom. The van der Waals surface area contributed by atoms with Crippen molar-refractivity contribution in [1.29, 1.82) is 0 Å². The minimum atomic E-state index is -1.21. The predicted molar refractivity (Wildman–Crippen MR) is 95.4 cm³/mol. The lowest BCUT2D eigenvalue weighted by molar-refractivity contribution is -0.124. The SMILES string of the molecule is Cc1c(C2CCC(N)C(=O)N2)ccn2c(=O)c(C(=O)O)cc(C3CC3)c12. The molecule has 2 atom stereocenters. The van der Waals surface area contributed by atoms with Gasteiger partial charge in [0.05, 0.1) is 17.6 Å². The molecule has 1 aliphatic heterocycles. The van der Waals surface area contributed by atoms with E-state index < -0.39 is 17.6 Å². The van der Waals surface area contributed by atoms with E-state index in [0.717, 1.165) is 41.5 Å². The summed E-state index contributed by atoms with van der Waals surface area (Å²) < 4.78 is 1.44. The van der Waals surface area contributed by atoms with Gasteiger partial charge in [-0.15, -0.1) is 0 Å². The average Bonchev–Trinajstić information content (AvgIpc) is 3.43. The summed E-state index contributed by atoms with van der Waals surface area (Å²) in [5, 5.41) is 12.3. The van der Waals surface area contributed by atoms with E-state index in [0.29, 0.717) is 6.42 Å². The number of aromatic carboxylic acids is 1. The highest BCUT2D eigenvalue weighted by molar-refractivity contribution is 5.89. The number of carbonyl (C=O) groups is 2. The molecular formula is C19H21N3O4. The third-order valence-electron chi connectivity index (χ3n) is 5.50. The van der Waals surface area contributed by atoms with E-state index in [4.69, 9.17) is 5.73 Å². The summed E-state index contributed by atoms with van der Waals surface area (Å²) in [4.78, 5) is 36.0. The van der Waals surface area contributed by atoms with Crippen molar-refractivity contribution >= 4 is 17.4 Å². The number of amides is 1. The molecule has 0 bridgehead atoms. The number of pyridine rings is 2. The quantitative estimate of drug-likeness (QED) is 0.771. The van der Waals surface area contributed by atoms with Crippen molar-refractivity contribution < 1.29 is 14.7 Å². The molecular weight excluding hydrogens is 334 g/mol. The smallest absolute Gasteiger partial charge is 0.341 e. The fraction of sp³-hybridized carbons (Fsp3) is 0.421. The zero-order valence-electron chi connectivity index (χ0n) is 14.5. The number of aromatic nitrogens is 1. The number of carboxylic acids is 1. The minimum Gasteiger partial charge on any atom is -0.477 e. The molecule has 136 valence electrons. The molecule has 0 aromatic carbocycles. The van der Waals surface area contributed by atoms with Crippen LogP contribution in [-0.4, -0.2) is 27.4 Å². The van der Waals surface area contributed by atoms with Crippen LogP contribution in [0.1, 0.15) is 64.7 Å². The molecule has 2 aromatic rings. The largest absolute Gasteiger partial charge is 0.477 e. The number of fused-ring (bicyclic) bond motifs is 1. The molecule has 2 aliphatic rings. The van der Waals surface area contributed by atoms with Crippen LogP contribution < -0.4 is 16.6 Å². The van der Waals surface area contributed by atoms with Gasteiger partial charge in [-0.3, -0.25) is 14.0 Å². The monoisotopic (exact) mass is 355 g/mol. The number of rotatable bonds is 3. The molecule has 3 heterocycles. The molecule has 4 rings (SSSR count). The molecule has 4 N–H and O–H groups in total. The van der Waals surface area contributed by atoms with Crippen molar-refractivity contribution in [3.05, 3.63) is 50.9 Å². The zero-order chi connectivity index (χ0) is 18.6. The molecule has 2 aromatic heterocycles. The second-order valence-corrected chi connectivity index (χ2v) is 7.26. The van der Waals surface area contributed by atoms with E-state index in [9.17, 15) is 19.5 Å². The van der Waals surface area contributed by atoms with Crippen LogP contribution in [-0.2, 0) is 4.79 Å². The summed E-state index contributed by atoms with van der Waals surface area (Å²) in [7, 11) is 0. The Morgan fingerprint density at radius 1 is 1.23 bits per heavy atom. The molecule has 1 aliphatic carbocycles. The highest BCUT2D eigenvalue weighted by atomic mass is 16.4. The Hall–Kier alpha value is -2.67. The maximum absolute atomic E-state index is 12.6. The van der Waals surface area contributed by atoms with Crippen molar-refractivity contribution in [3.8, 4) is 0 Å². The summed E-state index contributed by atoms with van der Waals surface area (Å²) in [6.07, 6.45) is 4.96. The first-order valence-electron chi connectivity index (χ1n) is 8.86. The number of nitrogens with zero attached hydrogens (tertiary/aromatic N) is 1. The maximum atomic E-state index is 12.6. The van der Waals surface area contributed by atoms with Gasteiger partial charge in [0.25, 0.3) is 5.56 Å². The van der Waals surface area contributed by atoms with Crippen molar-refractivity contribution in [2.24, 2.45) is 5.73 Å². The summed E-state index contributed by atoms with van der Waals surface area (Å²) in [5.41, 5.74) is 8.57. The van der Waals surface area contributed by atoms with Crippen LogP contribution in [0.4, 0.5) is 0 Å². The standard InChI is InChI=1S/C19H21N3O4/c1-9-11(15-5-4-14(20)17(23)21-15)6-7-22-16(9)12(10-2-3-10)8-13(18(22)24)19(25)26/h6-8,10,14-15H,2-5,20H2,1H3,(H,21,23)(H,25,26). The third kappa shape index (κ3) is 2.59. The first-order chi connectivity index (χ1) is 12.4. The average molecular weight is 355 g/mol. The van der Waals surface area contributed by atoms with Gasteiger partial charge in [-0.1, -0.05) is 0 Å². The van der Waals surface area contributed by atoms with Gasteiger partial charge < -0.3 is 16.2 Å². The number of nitrogens with one attached hydrogen (secondary N) is 1. The van der Waals surface area contributed by atoms with E-state index in [1.807, 2.05) is 6.92 Å². The molecule has 2 unspecified atom stereocenters. The minimum absolute atomic E-state index is 0.145. The second kappa shape index (κ2) is 5.95. The summed E-state index contributed by atoms with van der Waals surface area (Å²) in [5.74, 6) is -1.09. The third-order valence-corrected chi connectivity index (χ3v) is 5.50. The first kappa shape index (κ1) is 16.8. The van der Waals surface area contributed by atoms with Crippen LogP contribution in [0.5, 0.6) is 0 Å². The van der Waals surface area contributed by atoms with Gasteiger partial charge in [-0.2, -0.15) is 0 Å². The maximum Gasteiger partial charge on any atom is 0.341 e. The fourth-order valence-electron chi connectivity index (χ4n) is 3.91. The van der Waals surface area contributed by atoms with Gasteiger partial charge in [0.15, 0.2) is 0 Å². The molecule has 1 amide bonds. The fourth-order valence-corrected chi connectivity index (χ4v) is 3.91. The Labute approximate surface area is 149 Å². The van der Waals surface area contributed by atoms with E-state index in [-0.39, 0.29) is 23.4 Å².